The van der Waals surface area contributed by atoms with Crippen LogP contribution in [0.1, 0.15) is 12.0 Å². The second-order valence-electron chi connectivity index (χ2n) is 4.17. The van der Waals surface area contributed by atoms with Crippen LogP contribution in [0.25, 0.3) is 6.08 Å². The largest absolute Gasteiger partial charge is 0.383 e. The van der Waals surface area contributed by atoms with Gasteiger partial charge in [-0.15, -0.1) is 0 Å². The molecule has 0 aliphatic heterocycles. The summed E-state index contributed by atoms with van der Waals surface area (Å²) in [6.45, 7) is 0.604. The third kappa shape index (κ3) is 5.86. The molecule has 0 aromatic heterocycles. The van der Waals surface area contributed by atoms with Gasteiger partial charge in [-0.1, -0.05) is 29.8 Å². The first-order valence-corrected chi connectivity index (χ1v) is 8.18. The Kier molecular flexibility index (Phi) is 7.40. The molecular weight excluding hydrogens is 312 g/mol. The summed E-state index contributed by atoms with van der Waals surface area (Å²) in [6, 6.07) is 8.89. The van der Waals surface area contributed by atoms with Crippen LogP contribution in [0.3, 0.4) is 0 Å². The fourth-order valence-electron chi connectivity index (χ4n) is 1.59. The van der Waals surface area contributed by atoms with E-state index in [0.29, 0.717) is 10.6 Å². The van der Waals surface area contributed by atoms with Crippen molar-refractivity contribution in [2.75, 3.05) is 26.8 Å². The Morgan fingerprint density at radius 2 is 2.10 bits per heavy atom. The fraction of sp³-hybridized carbons (Fsp3) is 0.357. The molecule has 0 aliphatic rings. The van der Waals surface area contributed by atoms with E-state index in [1.54, 1.807) is 24.3 Å². The molecule has 0 spiro atoms. The molecule has 0 saturated heterocycles. The second-order valence-corrected chi connectivity index (χ2v) is 6.39. The highest BCUT2D eigenvalue weighted by Crippen LogP contribution is 2.17. The van der Waals surface area contributed by atoms with Gasteiger partial charge in [-0.05, 0) is 17.7 Å². The maximum absolute atomic E-state index is 12.3. The maximum Gasteiger partial charge on any atom is 0.236 e. The van der Waals surface area contributed by atoms with E-state index in [1.807, 2.05) is 6.07 Å². The predicted octanol–water partition coefficient (Wildman–Crippen LogP) is 2.50. The zero-order valence-corrected chi connectivity index (χ0v) is 13.3. The second kappa shape index (κ2) is 8.80. The molecule has 0 N–H and O–H groups in total. The van der Waals surface area contributed by atoms with Gasteiger partial charge in [-0.3, -0.25) is 0 Å². The standard InChI is InChI=1S/C14H17ClN2O3S/c1-20-11-10-17(9-4-8-16)21(18,19)12-7-13-5-2-3-6-14(13)15/h2-3,5-7,12H,4,9-11H2,1H3/b12-7+. The first kappa shape index (κ1) is 17.7. The van der Waals surface area contributed by atoms with Crippen molar-refractivity contribution in [2.45, 2.75) is 6.42 Å². The summed E-state index contributed by atoms with van der Waals surface area (Å²) in [4.78, 5) is 0. The highest BCUT2D eigenvalue weighted by atomic mass is 35.5. The highest BCUT2D eigenvalue weighted by Gasteiger charge is 2.18. The number of nitrogens with zero attached hydrogens (tertiary/aromatic N) is 2. The molecule has 0 saturated carbocycles. The van der Waals surface area contributed by atoms with Gasteiger partial charge in [0.15, 0.2) is 0 Å². The third-order valence-electron chi connectivity index (χ3n) is 2.70. The van der Waals surface area contributed by atoms with Gasteiger partial charge in [0.2, 0.25) is 10.0 Å². The topological polar surface area (TPSA) is 70.4 Å². The molecule has 0 heterocycles. The first-order chi connectivity index (χ1) is 10.0. The summed E-state index contributed by atoms with van der Waals surface area (Å²) in [6.07, 6.45) is 1.58. The Morgan fingerprint density at radius 1 is 1.38 bits per heavy atom. The third-order valence-corrected chi connectivity index (χ3v) is 4.61. The van der Waals surface area contributed by atoms with Crippen LogP contribution in [0.2, 0.25) is 5.02 Å². The van der Waals surface area contributed by atoms with E-state index in [4.69, 9.17) is 21.6 Å². The van der Waals surface area contributed by atoms with Gasteiger partial charge in [0.25, 0.3) is 0 Å². The smallest absolute Gasteiger partial charge is 0.236 e. The average Bonchev–Trinajstić information content (AvgIpc) is 2.46. The molecule has 5 nitrogen and oxygen atoms in total. The van der Waals surface area contributed by atoms with Crippen LogP contribution in [0, 0.1) is 11.3 Å². The Balaban J connectivity index is 2.90. The number of benzene rings is 1. The van der Waals surface area contributed by atoms with Crippen LogP contribution in [0.15, 0.2) is 29.7 Å². The molecule has 0 aliphatic carbocycles. The molecule has 0 atom stereocenters. The average molecular weight is 329 g/mol. The number of nitriles is 1. The number of halogens is 1. The highest BCUT2D eigenvalue weighted by molar-refractivity contribution is 7.92. The summed E-state index contributed by atoms with van der Waals surface area (Å²) in [5.41, 5.74) is 0.620. The molecule has 7 heteroatoms. The van der Waals surface area contributed by atoms with E-state index in [9.17, 15) is 8.42 Å². The number of rotatable bonds is 8. The minimum atomic E-state index is -3.62. The lowest BCUT2D eigenvalue weighted by Crippen LogP contribution is -2.33. The molecule has 1 aromatic rings. The number of methoxy groups -OCH3 is 1. The van der Waals surface area contributed by atoms with Crippen LogP contribution < -0.4 is 0 Å². The van der Waals surface area contributed by atoms with Crippen molar-refractivity contribution >= 4 is 27.7 Å². The zero-order valence-electron chi connectivity index (χ0n) is 11.7. The lowest BCUT2D eigenvalue weighted by Gasteiger charge is -2.18. The molecule has 21 heavy (non-hydrogen) atoms. The van der Waals surface area contributed by atoms with Crippen molar-refractivity contribution in [1.82, 2.24) is 4.31 Å². The number of sulfonamides is 1. The van der Waals surface area contributed by atoms with E-state index in [-0.39, 0.29) is 26.1 Å². The molecular formula is C14H17ClN2O3S. The lowest BCUT2D eigenvalue weighted by atomic mass is 10.2. The van der Waals surface area contributed by atoms with Crippen molar-refractivity contribution in [1.29, 1.82) is 5.26 Å². The van der Waals surface area contributed by atoms with E-state index in [2.05, 4.69) is 0 Å². The lowest BCUT2D eigenvalue weighted by molar-refractivity contribution is 0.180. The van der Waals surface area contributed by atoms with Crippen LogP contribution in [-0.2, 0) is 14.8 Å². The van der Waals surface area contributed by atoms with Crippen molar-refractivity contribution in [3.8, 4) is 6.07 Å². The van der Waals surface area contributed by atoms with Gasteiger partial charge in [0.1, 0.15) is 0 Å². The van der Waals surface area contributed by atoms with Crippen LogP contribution in [0.5, 0.6) is 0 Å². The van der Waals surface area contributed by atoms with Gasteiger partial charge in [-0.25, -0.2) is 8.42 Å². The molecule has 0 fully saturated rings. The van der Waals surface area contributed by atoms with Crippen LogP contribution in [0.4, 0.5) is 0 Å². The Hall–Kier alpha value is -1.39. The number of ether oxygens (including phenoxy) is 1. The van der Waals surface area contributed by atoms with E-state index < -0.39 is 10.0 Å². The van der Waals surface area contributed by atoms with Gasteiger partial charge >= 0.3 is 0 Å². The Morgan fingerprint density at radius 3 is 2.71 bits per heavy atom. The molecule has 114 valence electrons. The van der Waals surface area contributed by atoms with E-state index >= 15 is 0 Å². The van der Waals surface area contributed by atoms with Gasteiger partial charge in [0, 0.05) is 37.1 Å². The Labute approximate surface area is 130 Å². The van der Waals surface area contributed by atoms with Crippen molar-refractivity contribution in [3.05, 3.63) is 40.3 Å². The molecule has 0 bridgehead atoms. The summed E-state index contributed by atoms with van der Waals surface area (Å²) >= 11 is 5.98. The van der Waals surface area contributed by atoms with Crippen molar-refractivity contribution in [3.63, 3.8) is 0 Å². The Bertz CT molecular complexity index is 623. The SMILES string of the molecule is COCCN(CCC#N)S(=O)(=O)/C=C/c1ccccc1Cl. The predicted molar refractivity (Wildman–Crippen MR) is 83.1 cm³/mol. The zero-order chi connectivity index (χ0) is 15.7. The minimum absolute atomic E-state index is 0.128. The van der Waals surface area contributed by atoms with Gasteiger partial charge in [-0.2, -0.15) is 9.57 Å². The first-order valence-electron chi connectivity index (χ1n) is 6.30. The van der Waals surface area contributed by atoms with Gasteiger partial charge in [0.05, 0.1) is 12.7 Å². The van der Waals surface area contributed by atoms with E-state index in [0.717, 1.165) is 5.41 Å². The molecule has 0 radical (unpaired) electrons. The van der Waals surface area contributed by atoms with Crippen LogP contribution >= 0.6 is 11.6 Å². The molecule has 0 amide bonds. The molecule has 0 unspecified atom stereocenters. The fourth-order valence-corrected chi connectivity index (χ4v) is 2.95. The molecule has 1 aromatic carbocycles. The number of hydrogen-bond donors (Lipinski definition) is 0. The van der Waals surface area contributed by atoms with Crippen molar-refractivity contribution in [2.24, 2.45) is 0 Å². The van der Waals surface area contributed by atoms with E-state index in [1.165, 1.54) is 17.5 Å². The molecule has 1 rings (SSSR count). The van der Waals surface area contributed by atoms with Gasteiger partial charge < -0.3 is 4.74 Å². The maximum atomic E-state index is 12.3. The summed E-state index contributed by atoms with van der Waals surface area (Å²) in [7, 11) is -2.12. The number of hydrogen-bond acceptors (Lipinski definition) is 4. The summed E-state index contributed by atoms with van der Waals surface area (Å²) < 4.78 is 30.6. The summed E-state index contributed by atoms with van der Waals surface area (Å²) in [5, 5.41) is 10.2. The normalized spacial score (nSPS) is 11.9. The monoisotopic (exact) mass is 328 g/mol. The minimum Gasteiger partial charge on any atom is -0.383 e. The van der Waals surface area contributed by atoms with Crippen molar-refractivity contribution < 1.29 is 13.2 Å². The quantitative estimate of drug-likeness (QED) is 0.735. The van der Waals surface area contributed by atoms with Crippen LogP contribution in [-0.4, -0.2) is 39.5 Å². The summed E-state index contributed by atoms with van der Waals surface area (Å²) in [5.74, 6) is 0.